The summed E-state index contributed by atoms with van der Waals surface area (Å²) in [5.74, 6) is -0.421. The van der Waals surface area contributed by atoms with Gasteiger partial charge in [0.25, 0.3) is 11.8 Å². The van der Waals surface area contributed by atoms with Gasteiger partial charge in [-0.05, 0) is 55.0 Å². The van der Waals surface area contributed by atoms with Crippen LogP contribution in [0.5, 0.6) is 5.75 Å². The van der Waals surface area contributed by atoms with Gasteiger partial charge >= 0.3 is 0 Å². The normalized spacial score (nSPS) is 16.0. The zero-order valence-corrected chi connectivity index (χ0v) is 15.4. The van der Waals surface area contributed by atoms with E-state index in [4.69, 9.17) is 28.6 Å². The molecule has 0 radical (unpaired) electrons. The highest BCUT2D eigenvalue weighted by atomic mass is 35.5. The first-order chi connectivity index (χ1) is 12.5. The first-order valence-corrected chi connectivity index (χ1v) is 8.68. The molecule has 0 saturated carbocycles. The second kappa shape index (κ2) is 7.68. The van der Waals surface area contributed by atoms with Gasteiger partial charge in [0, 0.05) is 11.1 Å². The molecule has 1 N–H and O–H groups in total. The number of benzene rings is 2. The largest absolute Gasteiger partial charge is 0.494 e. The van der Waals surface area contributed by atoms with Gasteiger partial charge in [0.2, 0.25) is 0 Å². The lowest BCUT2D eigenvalue weighted by atomic mass is 10.1. The Morgan fingerprint density at radius 1 is 1.19 bits per heavy atom. The molecule has 0 aliphatic carbocycles. The van der Waals surface area contributed by atoms with Crippen LogP contribution in [0.25, 0.3) is 6.08 Å². The number of rotatable bonds is 4. The minimum absolute atomic E-state index is 0.0114. The number of halogens is 1. The van der Waals surface area contributed by atoms with Crippen molar-refractivity contribution in [1.82, 2.24) is 5.32 Å². The van der Waals surface area contributed by atoms with Crippen molar-refractivity contribution in [3.05, 3.63) is 64.7 Å². The van der Waals surface area contributed by atoms with E-state index in [-0.39, 0.29) is 10.7 Å². The summed E-state index contributed by atoms with van der Waals surface area (Å²) < 4.78 is 5.47. The number of nitrogens with zero attached hydrogens (tertiary/aromatic N) is 1. The van der Waals surface area contributed by atoms with Gasteiger partial charge in [0.05, 0.1) is 12.3 Å². The third-order valence-corrected chi connectivity index (χ3v) is 4.21. The molecule has 1 saturated heterocycles. The van der Waals surface area contributed by atoms with Gasteiger partial charge < -0.3 is 4.74 Å². The monoisotopic (exact) mass is 386 g/mol. The van der Waals surface area contributed by atoms with E-state index >= 15 is 0 Å². The number of carbonyl (C=O) groups excluding carboxylic acids is 2. The minimum Gasteiger partial charge on any atom is -0.494 e. The average molecular weight is 387 g/mol. The van der Waals surface area contributed by atoms with Gasteiger partial charge in [-0.3, -0.25) is 19.8 Å². The fourth-order valence-corrected chi connectivity index (χ4v) is 2.90. The topological polar surface area (TPSA) is 58.6 Å². The van der Waals surface area contributed by atoms with Crippen LogP contribution >= 0.6 is 23.8 Å². The van der Waals surface area contributed by atoms with Crippen LogP contribution in [-0.4, -0.2) is 23.5 Å². The molecule has 1 heterocycles. The van der Waals surface area contributed by atoms with E-state index in [0.717, 1.165) is 0 Å². The first-order valence-electron chi connectivity index (χ1n) is 7.89. The Hall–Kier alpha value is -2.70. The van der Waals surface area contributed by atoms with Crippen molar-refractivity contribution < 1.29 is 14.3 Å². The number of anilines is 1. The lowest BCUT2D eigenvalue weighted by molar-refractivity contribution is -0.122. The van der Waals surface area contributed by atoms with Crippen molar-refractivity contribution in [2.24, 2.45) is 0 Å². The third-order valence-electron chi connectivity index (χ3n) is 3.67. The lowest BCUT2D eigenvalue weighted by Gasteiger charge is -2.29. The van der Waals surface area contributed by atoms with E-state index in [1.165, 1.54) is 11.0 Å². The Bertz CT molecular complexity index is 909. The predicted octanol–water partition coefficient (Wildman–Crippen LogP) is 3.57. The lowest BCUT2D eigenvalue weighted by Crippen LogP contribution is -2.54. The zero-order chi connectivity index (χ0) is 18.7. The van der Waals surface area contributed by atoms with Crippen LogP contribution in [0.3, 0.4) is 0 Å². The summed E-state index contributed by atoms with van der Waals surface area (Å²) in [6, 6.07) is 13.8. The van der Waals surface area contributed by atoms with Gasteiger partial charge in [-0.2, -0.15) is 0 Å². The van der Waals surface area contributed by atoms with E-state index in [9.17, 15) is 9.59 Å². The van der Waals surface area contributed by atoms with Crippen LogP contribution in [0, 0.1) is 0 Å². The molecule has 3 rings (SSSR count). The predicted molar refractivity (Wildman–Crippen MR) is 105 cm³/mol. The standard InChI is InChI=1S/C19H15ClN2O3S/c1-2-25-15-5-3-4-14(11-15)22-18(24)16(17(23)21-19(22)26)10-12-6-8-13(20)9-7-12/h3-11H,2H2,1H3,(H,21,23,26)/b16-10+. The van der Waals surface area contributed by atoms with Crippen LogP contribution in [0.2, 0.25) is 5.02 Å². The van der Waals surface area contributed by atoms with Crippen molar-refractivity contribution in [1.29, 1.82) is 0 Å². The molecule has 26 heavy (non-hydrogen) atoms. The molecule has 2 aromatic rings. The second-order valence-corrected chi connectivity index (χ2v) is 6.26. The number of carbonyl (C=O) groups is 2. The van der Waals surface area contributed by atoms with E-state index in [2.05, 4.69) is 5.32 Å². The SMILES string of the molecule is CCOc1cccc(N2C(=O)/C(=C/c3ccc(Cl)cc3)C(=O)NC2=S)c1. The molecule has 0 spiro atoms. The van der Waals surface area contributed by atoms with Crippen molar-refractivity contribution >= 4 is 52.5 Å². The zero-order valence-electron chi connectivity index (χ0n) is 13.9. The van der Waals surface area contributed by atoms with Gasteiger partial charge in [-0.15, -0.1) is 0 Å². The van der Waals surface area contributed by atoms with E-state index in [1.807, 2.05) is 6.92 Å². The number of ether oxygens (including phenoxy) is 1. The van der Waals surface area contributed by atoms with Crippen LogP contribution < -0.4 is 15.0 Å². The summed E-state index contributed by atoms with van der Waals surface area (Å²) in [4.78, 5) is 26.5. The van der Waals surface area contributed by atoms with Crippen molar-refractivity contribution in [2.75, 3.05) is 11.5 Å². The van der Waals surface area contributed by atoms with Crippen LogP contribution in [0.1, 0.15) is 12.5 Å². The van der Waals surface area contributed by atoms with Gasteiger partial charge in [-0.25, -0.2) is 0 Å². The Morgan fingerprint density at radius 2 is 1.92 bits per heavy atom. The van der Waals surface area contributed by atoms with E-state index in [1.54, 1.807) is 48.5 Å². The number of hydrogen-bond acceptors (Lipinski definition) is 4. The van der Waals surface area contributed by atoms with E-state index < -0.39 is 11.8 Å². The smallest absolute Gasteiger partial charge is 0.270 e. The highest BCUT2D eigenvalue weighted by molar-refractivity contribution is 7.80. The van der Waals surface area contributed by atoms with Gasteiger partial charge in [-0.1, -0.05) is 29.8 Å². The molecule has 1 aliphatic heterocycles. The molecule has 0 bridgehead atoms. The molecule has 1 aliphatic rings. The number of nitrogens with one attached hydrogen (secondary N) is 1. The molecule has 0 atom stereocenters. The summed E-state index contributed by atoms with van der Waals surface area (Å²) >= 11 is 11.1. The number of amides is 2. The Balaban J connectivity index is 1.98. The molecule has 0 unspecified atom stereocenters. The fraction of sp³-hybridized carbons (Fsp3) is 0.105. The van der Waals surface area contributed by atoms with Crippen LogP contribution in [0.15, 0.2) is 54.1 Å². The number of hydrogen-bond donors (Lipinski definition) is 1. The maximum Gasteiger partial charge on any atom is 0.270 e. The molecule has 2 aromatic carbocycles. The average Bonchev–Trinajstić information content (AvgIpc) is 2.61. The third kappa shape index (κ3) is 3.76. The quantitative estimate of drug-likeness (QED) is 0.496. The molecule has 2 amide bonds. The van der Waals surface area contributed by atoms with Crippen molar-refractivity contribution in [3.63, 3.8) is 0 Å². The summed E-state index contributed by atoms with van der Waals surface area (Å²) in [6.07, 6.45) is 1.51. The molecule has 5 nitrogen and oxygen atoms in total. The van der Waals surface area contributed by atoms with Crippen LogP contribution in [-0.2, 0) is 9.59 Å². The fourth-order valence-electron chi connectivity index (χ4n) is 2.50. The van der Waals surface area contributed by atoms with Gasteiger partial charge in [0.15, 0.2) is 5.11 Å². The Labute approximate surface area is 161 Å². The van der Waals surface area contributed by atoms with Crippen molar-refractivity contribution in [2.45, 2.75) is 6.92 Å². The summed E-state index contributed by atoms with van der Waals surface area (Å²) in [6.45, 7) is 2.37. The summed E-state index contributed by atoms with van der Waals surface area (Å²) in [5, 5.41) is 3.15. The second-order valence-electron chi connectivity index (χ2n) is 5.44. The summed E-state index contributed by atoms with van der Waals surface area (Å²) in [7, 11) is 0. The highest BCUT2D eigenvalue weighted by Crippen LogP contribution is 2.26. The Morgan fingerprint density at radius 3 is 2.62 bits per heavy atom. The molecule has 7 heteroatoms. The molecular weight excluding hydrogens is 372 g/mol. The maximum absolute atomic E-state index is 12.9. The Kier molecular flexibility index (Phi) is 5.35. The minimum atomic E-state index is -0.535. The molecule has 132 valence electrons. The van der Waals surface area contributed by atoms with E-state index in [0.29, 0.717) is 28.6 Å². The molecule has 1 fully saturated rings. The van der Waals surface area contributed by atoms with Crippen LogP contribution in [0.4, 0.5) is 5.69 Å². The van der Waals surface area contributed by atoms with Gasteiger partial charge in [0.1, 0.15) is 11.3 Å². The number of thiocarbonyl (C=S) groups is 1. The maximum atomic E-state index is 12.9. The van der Waals surface area contributed by atoms with Crippen molar-refractivity contribution in [3.8, 4) is 5.75 Å². The molecule has 0 aromatic heterocycles. The highest BCUT2D eigenvalue weighted by Gasteiger charge is 2.34. The summed E-state index contributed by atoms with van der Waals surface area (Å²) in [5.41, 5.74) is 1.19. The molecular formula is C19H15ClN2O3S. The first kappa shape index (κ1) is 18.1.